The van der Waals surface area contributed by atoms with Crippen molar-refractivity contribution in [1.82, 2.24) is 0 Å². The second-order valence-electron chi connectivity index (χ2n) is 6.23. The maximum Gasteiger partial charge on any atom is 0.153 e. The first-order valence-corrected chi connectivity index (χ1v) is 8.91. The smallest absolute Gasteiger partial charge is 0.153 e. The average molecular weight is 263 g/mol. The molecule has 0 bridgehead atoms. The summed E-state index contributed by atoms with van der Waals surface area (Å²) in [6.07, 6.45) is 23.5. The van der Waals surface area contributed by atoms with Crippen LogP contribution in [-0.2, 0) is 0 Å². The Hall–Kier alpha value is -0.265. The number of aliphatic imine (C=N–C) groups is 1. The van der Waals surface area contributed by atoms with E-state index in [-0.39, 0.29) is 0 Å². The molecule has 0 heterocycles. The van der Waals surface area contributed by atoms with Crippen molar-refractivity contribution in [3.8, 4) is 0 Å². The van der Waals surface area contributed by atoms with Gasteiger partial charge in [0.2, 0.25) is 0 Å². The maximum atomic E-state index is 4.66. The summed E-state index contributed by atoms with van der Waals surface area (Å²) in [5.74, 6) is 0. The summed E-state index contributed by atoms with van der Waals surface area (Å²) in [5, 5.41) is 0. The summed E-state index contributed by atoms with van der Waals surface area (Å²) >= 11 is 0. The lowest BCUT2D eigenvalue weighted by Crippen LogP contribution is -2.05. The molecule has 0 N–H and O–H groups in total. The van der Waals surface area contributed by atoms with Gasteiger partial charge in [0.25, 0.3) is 0 Å². The summed E-state index contributed by atoms with van der Waals surface area (Å²) in [6, 6.07) is 0.623. The fourth-order valence-corrected chi connectivity index (χ4v) is 3.21. The molecule has 0 spiro atoms. The van der Waals surface area contributed by atoms with Crippen LogP contribution < -0.4 is 0 Å². The van der Waals surface area contributed by atoms with E-state index in [0.29, 0.717) is 6.04 Å². The van der Waals surface area contributed by atoms with Gasteiger partial charge in [-0.15, -0.1) is 0 Å². The van der Waals surface area contributed by atoms with E-state index in [1.807, 2.05) is 6.11 Å². The molecular weight excluding hydrogens is 229 g/mol. The molecule has 0 aromatic carbocycles. The molecule has 2 heteroatoms. The Morgan fingerprint density at radius 1 is 0.579 bits per heavy atom. The molecule has 0 aliphatic heterocycles. The first-order chi connectivity index (χ1) is 9.43. The van der Waals surface area contributed by atoms with Gasteiger partial charge in [0.1, 0.15) is 0 Å². The SMILES string of the molecule is B/C=N/C1CCCCCCCCCCCCCCC1. The lowest BCUT2D eigenvalue weighted by Gasteiger charge is -2.12. The average Bonchev–Trinajstić information content (AvgIpc) is 2.41. The third kappa shape index (κ3) is 10.2. The van der Waals surface area contributed by atoms with Gasteiger partial charge in [-0.25, -0.2) is 0 Å². The molecule has 0 radical (unpaired) electrons. The fraction of sp³-hybridized carbons (Fsp3) is 0.941. The topological polar surface area (TPSA) is 12.4 Å². The zero-order valence-corrected chi connectivity index (χ0v) is 13.2. The fourth-order valence-electron chi connectivity index (χ4n) is 3.21. The second kappa shape index (κ2) is 12.8. The van der Waals surface area contributed by atoms with E-state index in [1.165, 1.54) is 96.3 Å². The first-order valence-electron chi connectivity index (χ1n) is 8.91. The molecule has 0 aromatic rings. The van der Waals surface area contributed by atoms with Gasteiger partial charge in [-0.1, -0.05) is 83.5 Å². The van der Waals surface area contributed by atoms with Crippen molar-refractivity contribution < 1.29 is 0 Å². The Bertz CT molecular complexity index is 199. The molecule has 110 valence electrons. The van der Waals surface area contributed by atoms with Gasteiger partial charge in [0, 0.05) is 6.04 Å². The molecule has 0 aromatic heterocycles. The highest BCUT2D eigenvalue weighted by Gasteiger charge is 2.05. The number of nitrogens with zero attached hydrogens (tertiary/aromatic N) is 1. The van der Waals surface area contributed by atoms with Gasteiger partial charge >= 0.3 is 0 Å². The van der Waals surface area contributed by atoms with E-state index >= 15 is 0 Å². The van der Waals surface area contributed by atoms with Crippen molar-refractivity contribution in [2.45, 2.75) is 102 Å². The van der Waals surface area contributed by atoms with Gasteiger partial charge in [-0.3, -0.25) is 0 Å². The van der Waals surface area contributed by atoms with Crippen LogP contribution in [0.1, 0.15) is 96.3 Å². The molecule has 1 rings (SSSR count). The Kier molecular flexibility index (Phi) is 11.3. The van der Waals surface area contributed by atoms with Crippen LogP contribution in [0.4, 0.5) is 0 Å². The molecular formula is C17H34BN. The Morgan fingerprint density at radius 2 is 0.895 bits per heavy atom. The molecule has 0 saturated heterocycles. The van der Waals surface area contributed by atoms with Crippen molar-refractivity contribution in [2.75, 3.05) is 0 Å². The van der Waals surface area contributed by atoms with E-state index in [9.17, 15) is 0 Å². The van der Waals surface area contributed by atoms with Crippen LogP contribution in [-0.4, -0.2) is 20.0 Å². The summed E-state index contributed by atoms with van der Waals surface area (Å²) < 4.78 is 0. The molecule has 1 aliphatic carbocycles. The minimum absolute atomic E-state index is 0.623. The minimum Gasteiger partial charge on any atom is -0.305 e. The van der Waals surface area contributed by atoms with Crippen molar-refractivity contribution in [1.29, 1.82) is 0 Å². The second-order valence-corrected chi connectivity index (χ2v) is 6.23. The van der Waals surface area contributed by atoms with Gasteiger partial charge < -0.3 is 4.99 Å². The quantitative estimate of drug-likeness (QED) is 0.472. The first kappa shape index (κ1) is 16.8. The van der Waals surface area contributed by atoms with Gasteiger partial charge in [0.05, 0.1) is 0 Å². The summed E-state index contributed by atoms with van der Waals surface area (Å²) in [7, 11) is 2.07. The Morgan fingerprint density at radius 3 is 1.21 bits per heavy atom. The largest absolute Gasteiger partial charge is 0.305 e. The predicted octanol–water partition coefficient (Wildman–Crippen LogP) is 4.88. The lowest BCUT2D eigenvalue weighted by atomic mass is 9.98. The Labute approximate surface area is 122 Å². The number of hydrogen-bond donors (Lipinski definition) is 0. The zero-order chi connectivity index (χ0) is 13.6. The van der Waals surface area contributed by atoms with Crippen LogP contribution in [0.2, 0.25) is 0 Å². The monoisotopic (exact) mass is 263 g/mol. The van der Waals surface area contributed by atoms with E-state index in [0.717, 1.165) is 0 Å². The van der Waals surface area contributed by atoms with E-state index < -0.39 is 0 Å². The maximum absolute atomic E-state index is 4.66. The van der Waals surface area contributed by atoms with Crippen molar-refractivity contribution in [3.63, 3.8) is 0 Å². The summed E-state index contributed by atoms with van der Waals surface area (Å²) in [6.45, 7) is 0. The van der Waals surface area contributed by atoms with Crippen LogP contribution in [0.15, 0.2) is 4.99 Å². The van der Waals surface area contributed by atoms with Gasteiger partial charge in [0.15, 0.2) is 7.85 Å². The van der Waals surface area contributed by atoms with Crippen LogP contribution in [0.25, 0.3) is 0 Å². The molecule has 1 saturated carbocycles. The normalized spacial score (nSPS) is 23.6. The molecule has 1 fully saturated rings. The van der Waals surface area contributed by atoms with Gasteiger partial charge in [-0.2, -0.15) is 0 Å². The Balaban J connectivity index is 2.23. The summed E-state index contributed by atoms with van der Waals surface area (Å²) in [5.41, 5.74) is 0. The van der Waals surface area contributed by atoms with Crippen LogP contribution in [0.3, 0.4) is 0 Å². The standard InChI is InChI=1S/C17H34BN/c18-16-19-17-14-12-10-8-6-4-2-1-3-5-7-9-11-13-15-17/h16-17H,1-15,18H2/b19-16+. The highest BCUT2D eigenvalue weighted by atomic mass is 14.7. The van der Waals surface area contributed by atoms with Crippen molar-refractivity contribution in [2.24, 2.45) is 4.99 Å². The summed E-state index contributed by atoms with van der Waals surface area (Å²) in [4.78, 5) is 4.66. The highest BCUT2D eigenvalue weighted by molar-refractivity contribution is 6.49. The molecule has 1 nitrogen and oxygen atoms in total. The number of hydrogen-bond acceptors (Lipinski definition) is 1. The molecule has 0 atom stereocenters. The van der Waals surface area contributed by atoms with E-state index in [1.54, 1.807) is 0 Å². The molecule has 0 amide bonds. The molecule has 0 unspecified atom stereocenters. The predicted molar refractivity (Wildman–Crippen MR) is 90.1 cm³/mol. The third-order valence-electron chi connectivity index (χ3n) is 4.43. The van der Waals surface area contributed by atoms with Crippen LogP contribution >= 0.6 is 0 Å². The lowest BCUT2D eigenvalue weighted by molar-refractivity contribution is 0.473. The number of rotatable bonds is 1. The zero-order valence-electron chi connectivity index (χ0n) is 13.2. The van der Waals surface area contributed by atoms with E-state index in [2.05, 4.69) is 12.8 Å². The minimum atomic E-state index is 0.623. The third-order valence-corrected chi connectivity index (χ3v) is 4.43. The van der Waals surface area contributed by atoms with Crippen LogP contribution in [0.5, 0.6) is 0 Å². The van der Waals surface area contributed by atoms with Crippen LogP contribution in [0, 0.1) is 0 Å². The van der Waals surface area contributed by atoms with Gasteiger partial charge in [-0.05, 0) is 19.0 Å². The highest BCUT2D eigenvalue weighted by Crippen LogP contribution is 2.18. The molecule has 1 aliphatic rings. The van der Waals surface area contributed by atoms with Crippen molar-refractivity contribution in [3.05, 3.63) is 0 Å². The van der Waals surface area contributed by atoms with E-state index in [4.69, 9.17) is 0 Å². The van der Waals surface area contributed by atoms with Crippen molar-refractivity contribution >= 4 is 14.0 Å². The molecule has 19 heavy (non-hydrogen) atoms.